The van der Waals surface area contributed by atoms with E-state index in [4.69, 9.17) is 0 Å². The number of hydrogen-bond acceptors (Lipinski definition) is 1. The molecular formula is C22H19N2+. The lowest BCUT2D eigenvalue weighted by molar-refractivity contribution is -0.659. The molecule has 2 aromatic heterocycles. The van der Waals surface area contributed by atoms with Gasteiger partial charge in [0.2, 0.25) is 5.69 Å². The highest BCUT2D eigenvalue weighted by atomic mass is 14.9. The van der Waals surface area contributed by atoms with Gasteiger partial charge in [0.1, 0.15) is 7.05 Å². The smallest absolute Gasteiger partial charge is 0.213 e. The highest BCUT2D eigenvalue weighted by Crippen LogP contribution is 2.26. The normalized spacial score (nSPS) is 10.9. The fourth-order valence-electron chi connectivity index (χ4n) is 3.17. The number of nitrogens with zero attached hydrogens (tertiary/aromatic N) is 2. The first-order valence-corrected chi connectivity index (χ1v) is 8.13. The third-order valence-corrected chi connectivity index (χ3v) is 4.47. The van der Waals surface area contributed by atoms with Gasteiger partial charge in [0.15, 0.2) is 6.20 Å². The zero-order valence-electron chi connectivity index (χ0n) is 13.9. The average Bonchev–Trinajstić information content (AvgIpc) is 2.62. The number of pyridine rings is 2. The highest BCUT2D eigenvalue weighted by molar-refractivity contribution is 5.87. The molecule has 0 saturated heterocycles. The van der Waals surface area contributed by atoms with Gasteiger partial charge in [0.25, 0.3) is 0 Å². The van der Waals surface area contributed by atoms with Crippen LogP contribution in [0.2, 0.25) is 0 Å². The molecule has 0 radical (unpaired) electrons. The summed E-state index contributed by atoms with van der Waals surface area (Å²) in [4.78, 5) is 4.45. The molecule has 0 saturated carbocycles. The van der Waals surface area contributed by atoms with E-state index >= 15 is 0 Å². The fourth-order valence-corrected chi connectivity index (χ4v) is 3.17. The van der Waals surface area contributed by atoms with Crippen molar-refractivity contribution in [3.05, 3.63) is 84.7 Å². The summed E-state index contributed by atoms with van der Waals surface area (Å²) >= 11 is 0. The molecule has 0 unspecified atom stereocenters. The minimum atomic E-state index is 1.00. The molecule has 4 rings (SSSR count). The summed E-state index contributed by atoms with van der Waals surface area (Å²) in [5.74, 6) is 0. The van der Waals surface area contributed by atoms with E-state index in [0.717, 1.165) is 11.3 Å². The molecule has 0 spiro atoms. The van der Waals surface area contributed by atoms with Crippen LogP contribution in [0.25, 0.3) is 33.3 Å². The summed E-state index contributed by atoms with van der Waals surface area (Å²) in [5.41, 5.74) is 5.94. The lowest BCUT2D eigenvalue weighted by Gasteiger charge is -2.07. The monoisotopic (exact) mass is 311 g/mol. The molecule has 0 N–H and O–H groups in total. The number of hydrogen-bond donors (Lipinski definition) is 0. The molecule has 24 heavy (non-hydrogen) atoms. The summed E-state index contributed by atoms with van der Waals surface area (Å²) in [6, 6.07) is 23.3. The molecule has 2 aromatic carbocycles. The van der Waals surface area contributed by atoms with Crippen molar-refractivity contribution in [3.8, 4) is 22.5 Å². The Hall–Kier alpha value is -3.00. The quantitative estimate of drug-likeness (QED) is 0.490. The summed E-state index contributed by atoms with van der Waals surface area (Å²) in [5, 5.41) is 2.46. The Bertz CT molecular complexity index is 1020. The Balaban J connectivity index is 1.87. The standard InChI is InChI=1S/C22H19N2/c1-16-7-3-4-8-20(16)22-14-17-10-11-18(13-19(17)15-24(22)2)21-9-5-6-12-23-21/h3-15H,1-2H3/q+1. The third kappa shape index (κ3) is 2.56. The zero-order valence-corrected chi connectivity index (χ0v) is 13.9. The number of rotatable bonds is 2. The molecule has 0 aliphatic heterocycles. The van der Waals surface area contributed by atoms with Crippen molar-refractivity contribution in [2.45, 2.75) is 6.92 Å². The Labute approximate surface area is 142 Å². The van der Waals surface area contributed by atoms with E-state index in [0.29, 0.717) is 0 Å². The average molecular weight is 311 g/mol. The first-order valence-electron chi connectivity index (χ1n) is 8.13. The SMILES string of the molecule is Cc1ccccc1-c1cc2ccc(-c3ccccn3)cc2c[n+]1C. The molecule has 2 heterocycles. The van der Waals surface area contributed by atoms with Crippen molar-refractivity contribution in [1.82, 2.24) is 4.98 Å². The van der Waals surface area contributed by atoms with Crippen LogP contribution in [0.4, 0.5) is 0 Å². The van der Waals surface area contributed by atoms with Crippen LogP contribution in [-0.2, 0) is 7.05 Å². The van der Waals surface area contributed by atoms with E-state index in [1.807, 2.05) is 24.4 Å². The number of fused-ring (bicyclic) bond motifs is 1. The third-order valence-electron chi connectivity index (χ3n) is 4.47. The molecule has 2 nitrogen and oxygen atoms in total. The topological polar surface area (TPSA) is 16.8 Å². The zero-order chi connectivity index (χ0) is 16.5. The van der Waals surface area contributed by atoms with Crippen LogP contribution in [0, 0.1) is 6.92 Å². The Morgan fingerprint density at radius 3 is 2.46 bits per heavy atom. The minimum absolute atomic E-state index is 1.00. The second-order valence-electron chi connectivity index (χ2n) is 6.14. The van der Waals surface area contributed by atoms with Gasteiger partial charge in [-0.15, -0.1) is 0 Å². The molecule has 0 amide bonds. The van der Waals surface area contributed by atoms with Crippen LogP contribution in [-0.4, -0.2) is 4.98 Å². The summed E-state index contributed by atoms with van der Waals surface area (Å²) < 4.78 is 2.20. The van der Waals surface area contributed by atoms with Crippen molar-refractivity contribution >= 4 is 10.8 Å². The minimum Gasteiger partial charge on any atom is -0.256 e. The van der Waals surface area contributed by atoms with Crippen LogP contribution >= 0.6 is 0 Å². The lowest BCUT2D eigenvalue weighted by atomic mass is 10.0. The molecular weight excluding hydrogens is 292 g/mol. The van der Waals surface area contributed by atoms with Crippen molar-refractivity contribution in [2.75, 3.05) is 0 Å². The van der Waals surface area contributed by atoms with Crippen molar-refractivity contribution < 1.29 is 4.57 Å². The molecule has 0 aliphatic carbocycles. The maximum absolute atomic E-state index is 4.45. The van der Waals surface area contributed by atoms with E-state index in [2.05, 4.69) is 78.3 Å². The van der Waals surface area contributed by atoms with E-state index in [9.17, 15) is 0 Å². The molecule has 2 heteroatoms. The molecule has 0 bridgehead atoms. The van der Waals surface area contributed by atoms with E-state index in [1.165, 1.54) is 27.6 Å². The predicted octanol–water partition coefficient (Wildman–Crippen LogP) is 4.70. The number of aromatic nitrogens is 2. The van der Waals surface area contributed by atoms with Crippen LogP contribution in [0.1, 0.15) is 5.56 Å². The highest BCUT2D eigenvalue weighted by Gasteiger charge is 2.14. The van der Waals surface area contributed by atoms with E-state index in [1.54, 1.807) is 0 Å². The second kappa shape index (κ2) is 5.89. The van der Waals surface area contributed by atoms with Crippen LogP contribution < -0.4 is 4.57 Å². The van der Waals surface area contributed by atoms with Gasteiger partial charge < -0.3 is 0 Å². The fraction of sp³-hybridized carbons (Fsp3) is 0.0909. The van der Waals surface area contributed by atoms with Gasteiger partial charge in [-0.3, -0.25) is 4.98 Å². The molecule has 116 valence electrons. The van der Waals surface area contributed by atoms with Crippen molar-refractivity contribution in [2.24, 2.45) is 7.05 Å². The van der Waals surface area contributed by atoms with E-state index in [-0.39, 0.29) is 0 Å². The summed E-state index contributed by atoms with van der Waals surface area (Å²) in [7, 11) is 2.11. The molecule has 0 fully saturated rings. The van der Waals surface area contributed by atoms with Crippen molar-refractivity contribution in [1.29, 1.82) is 0 Å². The lowest BCUT2D eigenvalue weighted by Crippen LogP contribution is -2.30. The van der Waals surface area contributed by atoms with Crippen LogP contribution in [0.3, 0.4) is 0 Å². The van der Waals surface area contributed by atoms with Gasteiger partial charge in [-0.05, 0) is 42.1 Å². The Kier molecular flexibility index (Phi) is 3.58. The second-order valence-corrected chi connectivity index (χ2v) is 6.14. The van der Waals surface area contributed by atoms with Gasteiger partial charge in [-0.25, -0.2) is 4.57 Å². The Morgan fingerprint density at radius 2 is 1.67 bits per heavy atom. The predicted molar refractivity (Wildman–Crippen MR) is 98.5 cm³/mol. The molecule has 0 atom stereocenters. The molecule has 0 aliphatic rings. The molecule has 4 aromatic rings. The summed E-state index contributed by atoms with van der Waals surface area (Å²) in [6.07, 6.45) is 4.03. The first-order chi connectivity index (χ1) is 11.7. The maximum Gasteiger partial charge on any atom is 0.213 e. The first kappa shape index (κ1) is 14.6. The van der Waals surface area contributed by atoms with Gasteiger partial charge in [0.05, 0.1) is 5.69 Å². The largest absolute Gasteiger partial charge is 0.256 e. The van der Waals surface area contributed by atoms with Gasteiger partial charge in [0, 0.05) is 28.8 Å². The number of aryl methyl sites for hydroxylation is 2. The Morgan fingerprint density at radius 1 is 0.833 bits per heavy atom. The maximum atomic E-state index is 4.45. The summed E-state index contributed by atoms with van der Waals surface area (Å²) in [6.45, 7) is 2.16. The van der Waals surface area contributed by atoms with Crippen LogP contribution in [0.15, 0.2) is 79.1 Å². The van der Waals surface area contributed by atoms with Gasteiger partial charge in [-0.2, -0.15) is 0 Å². The number of benzene rings is 2. The van der Waals surface area contributed by atoms with Gasteiger partial charge >= 0.3 is 0 Å². The van der Waals surface area contributed by atoms with E-state index < -0.39 is 0 Å². The van der Waals surface area contributed by atoms with Gasteiger partial charge in [-0.1, -0.05) is 36.4 Å². The van der Waals surface area contributed by atoms with Crippen LogP contribution in [0.5, 0.6) is 0 Å². The van der Waals surface area contributed by atoms with Crippen molar-refractivity contribution in [3.63, 3.8) is 0 Å².